The van der Waals surface area contributed by atoms with Gasteiger partial charge in [0.05, 0.1) is 6.61 Å². The van der Waals surface area contributed by atoms with Gasteiger partial charge in [-0.25, -0.2) is 9.97 Å². The van der Waals surface area contributed by atoms with Crippen LogP contribution in [-0.2, 0) is 16.0 Å². The Morgan fingerprint density at radius 3 is 2.75 bits per heavy atom. The highest BCUT2D eigenvalue weighted by Gasteiger charge is 2.08. The number of amides is 1. The number of aromatic nitrogens is 2. The minimum absolute atomic E-state index is 0.0249. The van der Waals surface area contributed by atoms with E-state index >= 15 is 0 Å². The van der Waals surface area contributed by atoms with Crippen LogP contribution in [0, 0.1) is 6.92 Å². The number of nitrogens with one attached hydrogen (secondary N) is 2. The average Bonchev–Trinajstić information content (AvgIpc) is 2.43. The Labute approximate surface area is 124 Å². The molecule has 112 valence electrons. The maximum Gasteiger partial charge on any atom is 0.221 e. The highest BCUT2D eigenvalue weighted by atomic mass is 35.5. The Balaban J connectivity index is 2.45. The number of halogens is 1. The van der Waals surface area contributed by atoms with E-state index < -0.39 is 0 Å². The van der Waals surface area contributed by atoms with Crippen LogP contribution in [0.5, 0.6) is 0 Å². The van der Waals surface area contributed by atoms with Crippen molar-refractivity contribution in [2.45, 2.75) is 26.7 Å². The molecule has 0 saturated carbocycles. The smallest absolute Gasteiger partial charge is 0.221 e. The molecular formula is C13H21ClN4O2. The molecule has 0 aliphatic carbocycles. The average molecular weight is 301 g/mol. The summed E-state index contributed by atoms with van der Waals surface area (Å²) in [5, 5.41) is 6.33. The van der Waals surface area contributed by atoms with Gasteiger partial charge in [0.2, 0.25) is 5.91 Å². The molecule has 1 aromatic heterocycles. The minimum Gasteiger partial charge on any atom is -0.383 e. The molecule has 0 aliphatic rings. The summed E-state index contributed by atoms with van der Waals surface area (Å²) in [6.45, 7) is 5.35. The van der Waals surface area contributed by atoms with E-state index in [0.717, 1.165) is 5.56 Å². The summed E-state index contributed by atoms with van der Waals surface area (Å²) in [6, 6.07) is 0. The number of carbonyl (C=O) groups is 1. The summed E-state index contributed by atoms with van der Waals surface area (Å²) < 4.78 is 4.86. The number of hydrogen-bond acceptors (Lipinski definition) is 5. The third-order valence-electron chi connectivity index (χ3n) is 2.72. The molecule has 2 N–H and O–H groups in total. The van der Waals surface area contributed by atoms with Gasteiger partial charge in [0, 0.05) is 38.6 Å². The van der Waals surface area contributed by atoms with E-state index in [1.54, 1.807) is 7.11 Å². The molecule has 0 fully saturated rings. The predicted octanol–water partition coefficient (Wildman–Crippen LogP) is 1.57. The highest BCUT2D eigenvalue weighted by Crippen LogP contribution is 2.19. The van der Waals surface area contributed by atoms with Crippen LogP contribution in [0.2, 0.25) is 5.15 Å². The maximum atomic E-state index is 11.5. The van der Waals surface area contributed by atoms with Crippen LogP contribution in [-0.4, -0.2) is 42.7 Å². The zero-order chi connectivity index (χ0) is 15.0. The molecule has 0 saturated heterocycles. The van der Waals surface area contributed by atoms with Crippen molar-refractivity contribution in [2.75, 3.05) is 32.1 Å². The number of carbonyl (C=O) groups excluding carboxylic acids is 1. The number of anilines is 1. The minimum atomic E-state index is -0.0249. The second-order valence-corrected chi connectivity index (χ2v) is 4.64. The lowest BCUT2D eigenvalue weighted by Crippen LogP contribution is -2.28. The topological polar surface area (TPSA) is 76.1 Å². The summed E-state index contributed by atoms with van der Waals surface area (Å²) in [4.78, 5) is 20.0. The van der Waals surface area contributed by atoms with Gasteiger partial charge >= 0.3 is 0 Å². The zero-order valence-corrected chi connectivity index (χ0v) is 12.9. The second-order valence-electron chi connectivity index (χ2n) is 4.28. The van der Waals surface area contributed by atoms with Gasteiger partial charge in [-0.3, -0.25) is 4.79 Å². The largest absolute Gasteiger partial charge is 0.383 e. The lowest BCUT2D eigenvalue weighted by molar-refractivity contribution is -0.121. The SMILES string of the molecule is CCc1nc(Cl)c(C)c(NCCC(=O)NCCOC)n1. The summed E-state index contributed by atoms with van der Waals surface area (Å²) in [6.07, 6.45) is 1.08. The van der Waals surface area contributed by atoms with E-state index in [2.05, 4.69) is 20.6 Å². The first-order chi connectivity index (χ1) is 9.58. The molecule has 0 spiro atoms. The van der Waals surface area contributed by atoms with E-state index in [1.165, 1.54) is 0 Å². The van der Waals surface area contributed by atoms with Crippen molar-refractivity contribution in [1.29, 1.82) is 0 Å². The Morgan fingerprint density at radius 2 is 2.10 bits per heavy atom. The van der Waals surface area contributed by atoms with E-state index in [9.17, 15) is 4.79 Å². The molecular weight excluding hydrogens is 280 g/mol. The molecule has 20 heavy (non-hydrogen) atoms. The van der Waals surface area contributed by atoms with Crippen molar-refractivity contribution in [3.63, 3.8) is 0 Å². The summed E-state index contributed by atoms with van der Waals surface area (Å²) >= 11 is 6.04. The first kappa shape index (κ1) is 16.7. The lowest BCUT2D eigenvalue weighted by atomic mass is 10.3. The summed E-state index contributed by atoms with van der Waals surface area (Å²) in [5.41, 5.74) is 0.795. The second kappa shape index (κ2) is 8.71. The van der Waals surface area contributed by atoms with Crippen LogP contribution in [0.15, 0.2) is 0 Å². The lowest BCUT2D eigenvalue weighted by Gasteiger charge is -2.11. The van der Waals surface area contributed by atoms with Gasteiger partial charge in [-0.2, -0.15) is 0 Å². The van der Waals surface area contributed by atoms with Crippen LogP contribution in [0.25, 0.3) is 0 Å². The van der Waals surface area contributed by atoms with Crippen LogP contribution >= 0.6 is 11.6 Å². The van der Waals surface area contributed by atoms with Gasteiger partial charge < -0.3 is 15.4 Å². The summed E-state index contributed by atoms with van der Waals surface area (Å²) in [7, 11) is 1.60. The molecule has 1 amide bonds. The van der Waals surface area contributed by atoms with Crippen LogP contribution in [0.3, 0.4) is 0 Å². The number of rotatable bonds is 8. The molecule has 1 aromatic rings. The number of hydrogen-bond donors (Lipinski definition) is 2. The van der Waals surface area contributed by atoms with Gasteiger partial charge in [-0.05, 0) is 6.92 Å². The highest BCUT2D eigenvalue weighted by molar-refractivity contribution is 6.30. The molecule has 0 bridgehead atoms. The standard InChI is InChI=1S/C13H21ClN4O2/c1-4-10-17-12(14)9(2)13(18-10)16-6-5-11(19)15-7-8-20-3/h4-8H2,1-3H3,(H,15,19)(H,16,17,18). The molecule has 0 atom stereocenters. The molecule has 1 heterocycles. The number of nitrogens with zero attached hydrogens (tertiary/aromatic N) is 2. The number of aryl methyl sites for hydroxylation is 1. The van der Waals surface area contributed by atoms with Crippen molar-refractivity contribution < 1.29 is 9.53 Å². The molecule has 6 nitrogen and oxygen atoms in total. The fourth-order valence-corrected chi connectivity index (χ4v) is 1.73. The monoisotopic (exact) mass is 300 g/mol. The van der Waals surface area contributed by atoms with Crippen LogP contribution in [0.1, 0.15) is 24.7 Å². The van der Waals surface area contributed by atoms with Crippen molar-refractivity contribution in [3.8, 4) is 0 Å². The Kier molecular flexibility index (Phi) is 7.25. The zero-order valence-electron chi connectivity index (χ0n) is 12.1. The van der Waals surface area contributed by atoms with Crippen LogP contribution in [0.4, 0.5) is 5.82 Å². The third kappa shape index (κ3) is 5.30. The maximum absolute atomic E-state index is 11.5. The molecule has 0 aromatic carbocycles. The first-order valence-corrected chi connectivity index (χ1v) is 6.98. The van der Waals surface area contributed by atoms with E-state index in [0.29, 0.717) is 49.3 Å². The van der Waals surface area contributed by atoms with Gasteiger partial charge in [0.25, 0.3) is 0 Å². The molecule has 1 rings (SSSR count). The van der Waals surface area contributed by atoms with Crippen LogP contribution < -0.4 is 10.6 Å². The molecule has 0 aliphatic heterocycles. The first-order valence-electron chi connectivity index (χ1n) is 6.61. The van der Waals surface area contributed by atoms with Gasteiger partial charge in [-0.1, -0.05) is 18.5 Å². The van der Waals surface area contributed by atoms with Gasteiger partial charge in [0.15, 0.2) is 0 Å². The number of ether oxygens (including phenoxy) is 1. The van der Waals surface area contributed by atoms with Crippen molar-refractivity contribution >= 4 is 23.3 Å². The normalized spacial score (nSPS) is 10.4. The fraction of sp³-hybridized carbons (Fsp3) is 0.615. The molecule has 0 radical (unpaired) electrons. The summed E-state index contributed by atoms with van der Waals surface area (Å²) in [5.74, 6) is 1.35. The predicted molar refractivity (Wildman–Crippen MR) is 79.1 cm³/mol. The molecule has 0 unspecified atom stereocenters. The Hall–Kier alpha value is -1.40. The fourth-order valence-electron chi connectivity index (χ4n) is 1.54. The van der Waals surface area contributed by atoms with Gasteiger partial charge in [0.1, 0.15) is 16.8 Å². The van der Waals surface area contributed by atoms with Crippen molar-refractivity contribution in [2.24, 2.45) is 0 Å². The third-order valence-corrected chi connectivity index (χ3v) is 3.09. The number of methoxy groups -OCH3 is 1. The van der Waals surface area contributed by atoms with E-state index in [1.807, 2.05) is 13.8 Å². The molecule has 7 heteroatoms. The Morgan fingerprint density at radius 1 is 1.35 bits per heavy atom. The van der Waals surface area contributed by atoms with Gasteiger partial charge in [-0.15, -0.1) is 0 Å². The Bertz CT molecular complexity index is 454. The van der Waals surface area contributed by atoms with Crippen molar-refractivity contribution in [1.82, 2.24) is 15.3 Å². The quantitative estimate of drug-likeness (QED) is 0.563. The van der Waals surface area contributed by atoms with Crippen molar-refractivity contribution in [3.05, 3.63) is 16.5 Å². The van der Waals surface area contributed by atoms with E-state index in [4.69, 9.17) is 16.3 Å². The van der Waals surface area contributed by atoms with E-state index in [-0.39, 0.29) is 5.91 Å².